The molecule has 0 saturated carbocycles. The minimum Gasteiger partial charge on any atom is -0.452 e. The maximum absolute atomic E-state index is 13.1. The van der Waals surface area contributed by atoms with Crippen molar-refractivity contribution in [1.29, 1.82) is 0 Å². The molecular formula is C22H16ClF3N4O2. The maximum Gasteiger partial charge on any atom is 0.416 e. The summed E-state index contributed by atoms with van der Waals surface area (Å²) in [4.78, 5) is 17.3. The van der Waals surface area contributed by atoms with E-state index in [0.717, 1.165) is 12.1 Å². The Morgan fingerprint density at radius 3 is 2.50 bits per heavy atom. The molecule has 0 saturated heterocycles. The van der Waals surface area contributed by atoms with E-state index in [1.807, 2.05) is 0 Å². The van der Waals surface area contributed by atoms with Gasteiger partial charge in [-0.1, -0.05) is 41.9 Å². The normalized spacial score (nSPS) is 12.7. The molecule has 32 heavy (non-hydrogen) atoms. The lowest BCUT2D eigenvalue weighted by Gasteiger charge is -2.19. The molecule has 2 N–H and O–H groups in total. The fraction of sp³-hybridized carbons (Fsp3) is 0.136. The molecule has 0 radical (unpaired) electrons. The highest BCUT2D eigenvalue weighted by molar-refractivity contribution is 6.31. The van der Waals surface area contributed by atoms with Gasteiger partial charge in [0.25, 0.3) is 0 Å². The van der Waals surface area contributed by atoms with E-state index in [4.69, 9.17) is 22.1 Å². The average Bonchev–Trinajstić information content (AvgIpc) is 3.25. The van der Waals surface area contributed by atoms with E-state index in [1.54, 1.807) is 30.3 Å². The molecule has 2 heterocycles. The number of fused-ring (bicyclic) bond motifs is 1. The number of esters is 1. The number of nitrogens with two attached hydrogens (primary N) is 1. The van der Waals surface area contributed by atoms with Crippen LogP contribution < -0.4 is 5.73 Å². The van der Waals surface area contributed by atoms with Crippen molar-refractivity contribution < 1.29 is 22.7 Å². The third kappa shape index (κ3) is 4.17. The monoisotopic (exact) mass is 460 g/mol. The predicted molar refractivity (Wildman–Crippen MR) is 112 cm³/mol. The average molecular weight is 461 g/mol. The lowest BCUT2D eigenvalue weighted by Crippen LogP contribution is -2.21. The zero-order valence-corrected chi connectivity index (χ0v) is 17.1. The number of nitrogens with zero attached hydrogens (tertiary/aromatic N) is 3. The first-order valence-corrected chi connectivity index (χ1v) is 9.83. The number of rotatable bonds is 5. The second-order valence-electron chi connectivity index (χ2n) is 6.85. The van der Waals surface area contributed by atoms with Gasteiger partial charge in [0.1, 0.15) is 11.7 Å². The molecule has 1 unspecified atom stereocenters. The van der Waals surface area contributed by atoms with Gasteiger partial charge in [-0.2, -0.15) is 18.3 Å². The first kappa shape index (κ1) is 21.8. The third-order valence-corrected chi connectivity index (χ3v) is 5.18. The molecule has 1 atom stereocenters. The van der Waals surface area contributed by atoms with Crippen LogP contribution in [0.4, 0.5) is 13.2 Å². The number of carbonyl (C=O) groups excluding carboxylic acids is 1. The molecular weight excluding hydrogens is 445 g/mol. The number of aromatic nitrogens is 3. The molecule has 10 heteroatoms. The zero-order chi connectivity index (χ0) is 22.9. The Bertz CT molecular complexity index is 1270. The van der Waals surface area contributed by atoms with Crippen LogP contribution >= 0.6 is 11.6 Å². The van der Waals surface area contributed by atoms with Crippen molar-refractivity contribution in [2.45, 2.75) is 12.3 Å². The van der Waals surface area contributed by atoms with E-state index < -0.39 is 23.8 Å². The molecule has 6 nitrogen and oxygen atoms in total. The number of ether oxygens (including phenoxy) is 1. The summed E-state index contributed by atoms with van der Waals surface area (Å²) < 4.78 is 45.9. The Morgan fingerprint density at radius 2 is 1.84 bits per heavy atom. The number of hydrogen-bond acceptors (Lipinski definition) is 5. The van der Waals surface area contributed by atoms with Gasteiger partial charge in [0, 0.05) is 35.0 Å². The van der Waals surface area contributed by atoms with Gasteiger partial charge in [-0.05, 0) is 18.2 Å². The molecule has 164 valence electrons. The fourth-order valence-corrected chi connectivity index (χ4v) is 3.54. The molecule has 4 rings (SSSR count). The minimum absolute atomic E-state index is 0.0199. The van der Waals surface area contributed by atoms with Gasteiger partial charge in [0.05, 0.1) is 17.5 Å². The van der Waals surface area contributed by atoms with Crippen molar-refractivity contribution in [1.82, 2.24) is 14.6 Å². The smallest absolute Gasteiger partial charge is 0.416 e. The number of alkyl halides is 3. The van der Waals surface area contributed by atoms with E-state index in [1.165, 1.54) is 29.0 Å². The minimum atomic E-state index is -4.48. The third-order valence-electron chi connectivity index (χ3n) is 4.84. The quantitative estimate of drug-likeness (QED) is 0.427. The Balaban J connectivity index is 1.76. The van der Waals surface area contributed by atoms with Gasteiger partial charge >= 0.3 is 12.1 Å². The summed E-state index contributed by atoms with van der Waals surface area (Å²) in [6.45, 7) is -0.0253. The lowest BCUT2D eigenvalue weighted by atomic mass is 10.0. The van der Waals surface area contributed by atoms with Crippen molar-refractivity contribution in [2.24, 2.45) is 5.73 Å². The highest BCUT2D eigenvalue weighted by atomic mass is 35.5. The highest BCUT2D eigenvalue weighted by Gasteiger charge is 2.30. The molecule has 0 aliphatic heterocycles. The van der Waals surface area contributed by atoms with Crippen LogP contribution in [0.2, 0.25) is 5.02 Å². The van der Waals surface area contributed by atoms with E-state index in [0.29, 0.717) is 21.8 Å². The van der Waals surface area contributed by atoms with Crippen LogP contribution in [0.25, 0.3) is 16.9 Å². The van der Waals surface area contributed by atoms with Gasteiger partial charge < -0.3 is 10.5 Å². The zero-order valence-electron chi connectivity index (χ0n) is 16.4. The maximum atomic E-state index is 13.1. The molecule has 0 aliphatic rings. The van der Waals surface area contributed by atoms with Crippen molar-refractivity contribution >= 4 is 23.2 Å². The molecule has 0 aliphatic carbocycles. The Kier molecular flexibility index (Phi) is 5.86. The fourth-order valence-electron chi connectivity index (χ4n) is 3.28. The van der Waals surface area contributed by atoms with Gasteiger partial charge in [-0.25, -0.2) is 14.3 Å². The molecule has 2 aromatic carbocycles. The van der Waals surface area contributed by atoms with Crippen molar-refractivity contribution in [3.8, 4) is 11.3 Å². The number of halogens is 4. The van der Waals surface area contributed by atoms with Crippen LogP contribution in [-0.2, 0) is 10.9 Å². The lowest BCUT2D eigenvalue weighted by molar-refractivity contribution is -0.137. The van der Waals surface area contributed by atoms with Crippen LogP contribution in [0, 0.1) is 0 Å². The Labute approximate surface area is 185 Å². The number of carbonyl (C=O) groups is 1. The van der Waals surface area contributed by atoms with E-state index in [9.17, 15) is 18.0 Å². The second kappa shape index (κ2) is 8.60. The van der Waals surface area contributed by atoms with Crippen LogP contribution in [0.1, 0.15) is 27.6 Å². The van der Waals surface area contributed by atoms with E-state index in [2.05, 4.69) is 10.1 Å². The van der Waals surface area contributed by atoms with E-state index >= 15 is 0 Å². The molecule has 0 fully saturated rings. The van der Waals surface area contributed by atoms with Crippen LogP contribution in [0.15, 0.2) is 67.0 Å². The molecule has 0 bridgehead atoms. The van der Waals surface area contributed by atoms with Gasteiger partial charge in [0.15, 0.2) is 5.65 Å². The highest BCUT2D eigenvalue weighted by Crippen LogP contribution is 2.33. The summed E-state index contributed by atoms with van der Waals surface area (Å²) in [6.07, 6.45) is -2.54. The number of hydrogen-bond donors (Lipinski definition) is 1. The van der Waals surface area contributed by atoms with Gasteiger partial charge in [-0.15, -0.1) is 0 Å². The summed E-state index contributed by atoms with van der Waals surface area (Å²) in [5.41, 5.74) is 6.55. The van der Waals surface area contributed by atoms with Crippen molar-refractivity contribution in [3.63, 3.8) is 0 Å². The van der Waals surface area contributed by atoms with Crippen LogP contribution in [0.5, 0.6) is 0 Å². The topological polar surface area (TPSA) is 82.5 Å². The Hall–Kier alpha value is -3.43. The van der Waals surface area contributed by atoms with Crippen LogP contribution in [-0.4, -0.2) is 27.1 Å². The summed E-state index contributed by atoms with van der Waals surface area (Å²) >= 11 is 6.20. The summed E-state index contributed by atoms with van der Waals surface area (Å²) in [6, 6.07) is 12.8. The first-order chi connectivity index (χ1) is 15.3. The Morgan fingerprint density at radius 1 is 1.12 bits per heavy atom. The SMILES string of the molecule is NCC(OC(=O)c1cnc2ccnn2c1-c1ccc(C(F)(F)F)cc1)c1ccccc1Cl. The van der Waals surface area contributed by atoms with Gasteiger partial charge in [-0.3, -0.25) is 0 Å². The molecule has 0 spiro atoms. The van der Waals surface area contributed by atoms with Crippen molar-refractivity contribution in [3.05, 3.63) is 88.7 Å². The summed E-state index contributed by atoms with van der Waals surface area (Å²) in [5, 5.41) is 4.55. The molecule has 2 aromatic heterocycles. The number of benzene rings is 2. The molecule has 4 aromatic rings. The first-order valence-electron chi connectivity index (χ1n) is 9.45. The largest absolute Gasteiger partial charge is 0.452 e. The second-order valence-corrected chi connectivity index (χ2v) is 7.26. The van der Waals surface area contributed by atoms with Crippen LogP contribution in [0.3, 0.4) is 0 Å². The summed E-state index contributed by atoms with van der Waals surface area (Å²) in [5.74, 6) is -0.764. The van der Waals surface area contributed by atoms with Crippen molar-refractivity contribution in [2.75, 3.05) is 6.54 Å². The van der Waals surface area contributed by atoms with Gasteiger partial charge in [0.2, 0.25) is 0 Å². The van der Waals surface area contributed by atoms with E-state index in [-0.39, 0.29) is 17.8 Å². The standard InChI is InChI=1S/C22H16ClF3N4O2/c23-17-4-2-1-3-15(17)18(11-27)32-21(31)16-12-28-19-9-10-29-30(19)20(16)13-5-7-14(8-6-13)22(24,25)26/h1-10,12,18H,11,27H2. The summed E-state index contributed by atoms with van der Waals surface area (Å²) in [7, 11) is 0. The predicted octanol–water partition coefficient (Wildman–Crippen LogP) is 4.93. The molecule has 0 amide bonds.